The van der Waals surface area contributed by atoms with Crippen molar-refractivity contribution in [3.8, 4) is 22.8 Å². The predicted molar refractivity (Wildman–Crippen MR) is 170 cm³/mol. The van der Waals surface area contributed by atoms with Gasteiger partial charge in [0.2, 0.25) is 0 Å². The van der Waals surface area contributed by atoms with Gasteiger partial charge in [0.15, 0.2) is 0 Å². The minimum atomic E-state index is 0. The van der Waals surface area contributed by atoms with Gasteiger partial charge in [-0.15, -0.1) is 12.3 Å². The van der Waals surface area contributed by atoms with E-state index in [-0.39, 0.29) is 19.5 Å². The van der Waals surface area contributed by atoms with Crippen molar-refractivity contribution in [3.05, 3.63) is 152 Å². The van der Waals surface area contributed by atoms with Crippen LogP contribution in [-0.4, -0.2) is 43.4 Å². The Labute approximate surface area is 267 Å². The summed E-state index contributed by atoms with van der Waals surface area (Å²) in [6.45, 7) is 0.772. The van der Waals surface area contributed by atoms with E-state index in [1.165, 1.54) is 5.92 Å². The van der Waals surface area contributed by atoms with Gasteiger partial charge in [-0.25, -0.2) is 0 Å². The number of aromatic nitrogens is 5. The molecule has 1 aliphatic heterocycles. The third-order valence-electron chi connectivity index (χ3n) is 6.25. The minimum Gasteiger partial charge on any atom is -0.454 e. The molecule has 43 heavy (non-hydrogen) atoms. The van der Waals surface area contributed by atoms with Crippen LogP contribution in [0.2, 0.25) is 0 Å². The van der Waals surface area contributed by atoms with Gasteiger partial charge < -0.3 is 10.6 Å². The first kappa shape index (κ1) is 33.0. The molecule has 6 heterocycles. The maximum atomic E-state index is 5.52. The number of rotatable bonds is 7. The van der Waals surface area contributed by atoms with Gasteiger partial charge in [0.25, 0.3) is 0 Å². The van der Waals surface area contributed by atoms with Crippen LogP contribution in [0.5, 0.6) is 0 Å². The molecule has 0 saturated heterocycles. The predicted octanol–water partition coefficient (Wildman–Crippen LogP) is 6.87. The Morgan fingerprint density at radius 2 is 0.977 bits per heavy atom. The Hall–Kier alpha value is -4.52. The fourth-order valence-corrected chi connectivity index (χ4v) is 4.07. The summed E-state index contributed by atoms with van der Waals surface area (Å²) in [6.07, 6.45) is 18.7. The largest absolute Gasteiger partial charge is 1.00 e. The summed E-state index contributed by atoms with van der Waals surface area (Å²) in [4.78, 5) is 23.3. The van der Waals surface area contributed by atoms with E-state index < -0.39 is 0 Å². The normalized spacial score (nSPS) is 11.6. The van der Waals surface area contributed by atoms with Gasteiger partial charge in [0.1, 0.15) is 0 Å². The summed E-state index contributed by atoms with van der Waals surface area (Å²) in [5, 5.41) is 0. The molecule has 0 bridgehead atoms. The van der Waals surface area contributed by atoms with Gasteiger partial charge in [-0.3, -0.25) is 24.9 Å². The smallest absolute Gasteiger partial charge is 0.454 e. The number of nitrogens with two attached hydrogens (primary N) is 1. The van der Waals surface area contributed by atoms with Crippen LogP contribution in [-0.2, 0) is 19.5 Å². The van der Waals surface area contributed by atoms with Crippen molar-refractivity contribution in [3.63, 3.8) is 0 Å². The summed E-state index contributed by atoms with van der Waals surface area (Å²) in [5.74, 6) is 1.35. The van der Waals surface area contributed by atoms with Gasteiger partial charge in [0.05, 0.1) is 22.8 Å². The van der Waals surface area contributed by atoms with E-state index >= 15 is 0 Å². The standard InChI is InChI=1S/C15H20N3.2C10H8N2.Ru/c1-18-11-8-13(6-2-4-9-16)12-15(18)14-7-3-5-10-17-14;2*1-3-7-11-9(5-1)10-6-2-4-8-12-10;/h3,5,7-8,10-12H,2,4,6,9,16H2,1H3;2*1-8H;/q-1;;;+1. The van der Waals surface area contributed by atoms with E-state index in [9.17, 15) is 0 Å². The van der Waals surface area contributed by atoms with Crippen molar-refractivity contribution in [2.24, 2.45) is 5.73 Å². The molecule has 5 aromatic heterocycles. The fourth-order valence-electron chi connectivity index (χ4n) is 4.07. The molecule has 0 amide bonds. The molecule has 0 atom stereocenters. The summed E-state index contributed by atoms with van der Waals surface area (Å²) in [7, 11) is 2.05. The summed E-state index contributed by atoms with van der Waals surface area (Å²) >= 11 is 0. The second kappa shape index (κ2) is 18.8. The Bertz CT molecular complexity index is 1330. The van der Waals surface area contributed by atoms with Crippen molar-refractivity contribution in [2.45, 2.75) is 19.3 Å². The molecule has 6 rings (SSSR count). The fraction of sp³-hybridized carbons (Fsp3) is 0.143. The number of allylic oxidation sites excluding steroid dienone is 2. The molecule has 0 spiro atoms. The summed E-state index contributed by atoms with van der Waals surface area (Å²) < 4.78 is 0. The number of hydrogen-bond acceptors (Lipinski definition) is 7. The third-order valence-corrected chi connectivity index (χ3v) is 6.25. The molecule has 2 N–H and O–H groups in total. The summed E-state index contributed by atoms with van der Waals surface area (Å²) in [6, 6.07) is 29.2. The van der Waals surface area contributed by atoms with Crippen molar-refractivity contribution in [1.82, 2.24) is 29.8 Å². The van der Waals surface area contributed by atoms with Crippen LogP contribution < -0.4 is 5.73 Å². The SMILES string of the molecule is CN1C=C[C-](CCCCN)C=C1c1ccccn1.[Ru+].c1ccc(-c2ccccn2)nc1.c1ccc(-c2ccccn2)nc1. The van der Waals surface area contributed by atoms with Gasteiger partial charge >= 0.3 is 19.5 Å². The Morgan fingerprint density at radius 1 is 0.581 bits per heavy atom. The number of unbranched alkanes of at least 4 members (excludes halogenated alkanes) is 1. The van der Waals surface area contributed by atoms with E-state index in [0.29, 0.717) is 0 Å². The first-order valence-electron chi connectivity index (χ1n) is 14.0. The maximum absolute atomic E-state index is 5.52. The zero-order valence-corrected chi connectivity index (χ0v) is 26.0. The molecule has 219 valence electrons. The molecule has 1 radical (unpaired) electrons. The number of hydrogen-bond donors (Lipinski definition) is 1. The van der Waals surface area contributed by atoms with E-state index in [1.807, 2.05) is 104 Å². The second-order valence-electron chi connectivity index (χ2n) is 9.35. The molecule has 1 aliphatic rings. The van der Waals surface area contributed by atoms with Gasteiger partial charge in [-0.1, -0.05) is 43.2 Å². The van der Waals surface area contributed by atoms with Gasteiger partial charge in [-0.05, 0) is 86.4 Å². The number of pyridine rings is 5. The Balaban J connectivity index is 0.000000180. The maximum Gasteiger partial charge on any atom is 1.00 e. The zero-order valence-electron chi connectivity index (χ0n) is 24.2. The van der Waals surface area contributed by atoms with E-state index in [1.54, 1.807) is 24.8 Å². The monoisotopic (exact) mass is 656 g/mol. The third kappa shape index (κ3) is 11.0. The quantitative estimate of drug-likeness (QED) is 0.116. The van der Waals surface area contributed by atoms with E-state index in [2.05, 4.69) is 48.2 Å². The van der Waals surface area contributed by atoms with Gasteiger partial charge in [-0.2, -0.15) is 12.0 Å². The average Bonchev–Trinajstić information content (AvgIpc) is 3.08. The van der Waals surface area contributed by atoms with Crippen LogP contribution in [0.4, 0.5) is 0 Å². The van der Waals surface area contributed by atoms with Crippen LogP contribution >= 0.6 is 0 Å². The van der Waals surface area contributed by atoms with Crippen molar-refractivity contribution in [2.75, 3.05) is 13.6 Å². The zero-order chi connectivity index (χ0) is 29.2. The molecular weight excluding hydrogens is 620 g/mol. The van der Waals surface area contributed by atoms with Crippen molar-refractivity contribution in [1.29, 1.82) is 0 Å². The Morgan fingerprint density at radius 3 is 1.33 bits per heavy atom. The average molecular weight is 656 g/mol. The Kier molecular flexibility index (Phi) is 14.4. The molecule has 0 unspecified atom stereocenters. The van der Waals surface area contributed by atoms with Crippen LogP contribution in [0.3, 0.4) is 0 Å². The second-order valence-corrected chi connectivity index (χ2v) is 9.35. The topological polar surface area (TPSA) is 93.7 Å². The van der Waals surface area contributed by atoms with Crippen LogP contribution in [0.25, 0.3) is 28.5 Å². The van der Waals surface area contributed by atoms with Crippen LogP contribution in [0, 0.1) is 5.92 Å². The van der Waals surface area contributed by atoms with Crippen LogP contribution in [0.15, 0.2) is 140 Å². The molecule has 0 saturated carbocycles. The van der Waals surface area contributed by atoms with Crippen LogP contribution in [0.1, 0.15) is 25.0 Å². The molecule has 0 fully saturated rings. The molecule has 0 aliphatic carbocycles. The van der Waals surface area contributed by atoms with E-state index in [0.717, 1.165) is 60.0 Å². The first-order valence-corrected chi connectivity index (χ1v) is 14.0. The molecule has 0 aromatic carbocycles. The molecular formula is C35H36N7Ru. The first-order chi connectivity index (χ1) is 20.7. The number of nitrogens with zero attached hydrogens (tertiary/aromatic N) is 6. The van der Waals surface area contributed by atoms with Gasteiger partial charge in [0, 0.05) is 36.7 Å². The molecule has 8 heteroatoms. The van der Waals surface area contributed by atoms with E-state index in [4.69, 9.17) is 5.73 Å². The molecule has 7 nitrogen and oxygen atoms in total. The molecule has 5 aromatic rings. The minimum absolute atomic E-state index is 0. The summed E-state index contributed by atoms with van der Waals surface area (Å²) in [5.41, 5.74) is 11.4. The van der Waals surface area contributed by atoms with Crippen molar-refractivity contribution >= 4 is 5.70 Å². The van der Waals surface area contributed by atoms with Crippen molar-refractivity contribution < 1.29 is 19.5 Å².